The van der Waals surface area contributed by atoms with Crippen molar-refractivity contribution in [2.24, 2.45) is 5.92 Å². The third kappa shape index (κ3) is 3.47. The van der Waals surface area contributed by atoms with Crippen LogP contribution in [0.2, 0.25) is 0 Å². The molecule has 1 heterocycles. The Morgan fingerprint density at radius 2 is 2.09 bits per heavy atom. The van der Waals surface area contributed by atoms with E-state index in [1.165, 1.54) is 19.3 Å². The van der Waals surface area contributed by atoms with Gasteiger partial charge < -0.3 is 19.4 Å². The first kappa shape index (κ1) is 15.4. The van der Waals surface area contributed by atoms with Crippen molar-refractivity contribution in [2.45, 2.75) is 25.8 Å². The summed E-state index contributed by atoms with van der Waals surface area (Å²) in [5, 5.41) is 2.81. The zero-order valence-corrected chi connectivity index (χ0v) is 13.4. The fraction of sp³-hybridized carbons (Fsp3) is 0.412. The van der Waals surface area contributed by atoms with Gasteiger partial charge >= 0.3 is 0 Å². The molecule has 122 valence electrons. The van der Waals surface area contributed by atoms with Crippen molar-refractivity contribution in [3.8, 4) is 11.5 Å². The van der Waals surface area contributed by atoms with Crippen LogP contribution in [-0.2, 0) is 6.54 Å². The van der Waals surface area contributed by atoms with Gasteiger partial charge in [-0.05, 0) is 37.0 Å². The van der Waals surface area contributed by atoms with Crippen LogP contribution in [0.5, 0.6) is 11.5 Å². The summed E-state index contributed by atoms with van der Waals surface area (Å²) in [6.45, 7) is 0.971. The quantitative estimate of drug-likeness (QED) is 0.890. The Morgan fingerprint density at radius 3 is 2.74 bits per heavy atom. The topological polar surface area (TPSA) is 65.4 Å². The number of imidazole rings is 1. The summed E-state index contributed by atoms with van der Waals surface area (Å²) in [5.74, 6) is 2.20. The van der Waals surface area contributed by atoms with Crippen LogP contribution in [0.15, 0.2) is 30.7 Å². The standard InChI is InChI=1S/C17H21N3O3/c1-22-14-7-6-13(8-15(14)23-2)17(21)19-16-10-20(11-18-16)9-12-4-3-5-12/h6-8,10-12H,3-5,9H2,1-2H3,(H,19,21). The fourth-order valence-corrected chi connectivity index (χ4v) is 2.66. The lowest BCUT2D eigenvalue weighted by atomic mass is 9.85. The predicted molar refractivity (Wildman–Crippen MR) is 87.1 cm³/mol. The van der Waals surface area contributed by atoms with Crippen LogP contribution >= 0.6 is 0 Å². The van der Waals surface area contributed by atoms with Crippen molar-refractivity contribution >= 4 is 11.7 Å². The van der Waals surface area contributed by atoms with Crippen LogP contribution in [0.4, 0.5) is 5.82 Å². The van der Waals surface area contributed by atoms with Gasteiger partial charge in [0, 0.05) is 18.3 Å². The lowest BCUT2D eigenvalue weighted by Crippen LogP contribution is -2.17. The molecule has 2 aromatic rings. The molecule has 0 radical (unpaired) electrons. The number of methoxy groups -OCH3 is 2. The summed E-state index contributed by atoms with van der Waals surface area (Å²) in [7, 11) is 3.11. The van der Waals surface area contributed by atoms with Crippen LogP contribution in [-0.4, -0.2) is 29.7 Å². The van der Waals surface area contributed by atoms with Crippen molar-refractivity contribution < 1.29 is 14.3 Å². The number of nitrogens with zero attached hydrogens (tertiary/aromatic N) is 2. The molecule has 0 bridgehead atoms. The van der Waals surface area contributed by atoms with Crippen molar-refractivity contribution in [1.82, 2.24) is 9.55 Å². The molecule has 1 amide bonds. The summed E-state index contributed by atoms with van der Waals surface area (Å²) in [5.41, 5.74) is 0.496. The van der Waals surface area contributed by atoms with E-state index in [2.05, 4.69) is 10.3 Å². The number of ether oxygens (including phenoxy) is 2. The molecule has 0 aliphatic heterocycles. The molecule has 1 N–H and O–H groups in total. The average molecular weight is 315 g/mol. The van der Waals surface area contributed by atoms with E-state index >= 15 is 0 Å². The molecule has 6 nitrogen and oxygen atoms in total. The normalized spacial score (nSPS) is 14.2. The number of carbonyl (C=O) groups excluding carboxylic acids is 1. The monoisotopic (exact) mass is 315 g/mol. The largest absolute Gasteiger partial charge is 0.493 e. The summed E-state index contributed by atoms with van der Waals surface area (Å²) >= 11 is 0. The zero-order chi connectivity index (χ0) is 16.2. The molecule has 1 saturated carbocycles. The summed E-state index contributed by atoms with van der Waals surface area (Å²) in [4.78, 5) is 16.6. The van der Waals surface area contributed by atoms with E-state index in [1.54, 1.807) is 38.7 Å². The number of hydrogen-bond donors (Lipinski definition) is 1. The first-order valence-corrected chi connectivity index (χ1v) is 7.74. The highest BCUT2D eigenvalue weighted by atomic mass is 16.5. The Balaban J connectivity index is 1.66. The third-order valence-electron chi connectivity index (χ3n) is 4.21. The maximum atomic E-state index is 12.3. The first-order valence-electron chi connectivity index (χ1n) is 7.74. The number of amides is 1. The maximum absolute atomic E-state index is 12.3. The van der Waals surface area contributed by atoms with Gasteiger partial charge in [0.2, 0.25) is 0 Å². The zero-order valence-electron chi connectivity index (χ0n) is 13.4. The lowest BCUT2D eigenvalue weighted by molar-refractivity contribution is 0.102. The Kier molecular flexibility index (Phi) is 4.50. The summed E-state index contributed by atoms with van der Waals surface area (Å²) in [6, 6.07) is 5.06. The molecule has 1 aromatic carbocycles. The van der Waals surface area contributed by atoms with Gasteiger partial charge in [0.05, 0.1) is 20.5 Å². The Morgan fingerprint density at radius 1 is 1.30 bits per heavy atom. The number of aromatic nitrogens is 2. The predicted octanol–water partition coefficient (Wildman–Crippen LogP) is 2.95. The lowest BCUT2D eigenvalue weighted by Gasteiger charge is -2.25. The van der Waals surface area contributed by atoms with Crippen LogP contribution in [0.1, 0.15) is 29.6 Å². The highest BCUT2D eigenvalue weighted by Crippen LogP contribution is 2.29. The third-order valence-corrected chi connectivity index (χ3v) is 4.21. The second-order valence-corrected chi connectivity index (χ2v) is 5.78. The maximum Gasteiger partial charge on any atom is 0.256 e. The first-order chi connectivity index (χ1) is 11.2. The van der Waals surface area contributed by atoms with E-state index in [-0.39, 0.29) is 5.91 Å². The van der Waals surface area contributed by atoms with E-state index in [4.69, 9.17) is 9.47 Å². The van der Waals surface area contributed by atoms with Crippen LogP contribution in [0.25, 0.3) is 0 Å². The van der Waals surface area contributed by atoms with Crippen LogP contribution in [0.3, 0.4) is 0 Å². The van der Waals surface area contributed by atoms with E-state index in [9.17, 15) is 4.79 Å². The summed E-state index contributed by atoms with van der Waals surface area (Å²) < 4.78 is 12.4. The molecule has 23 heavy (non-hydrogen) atoms. The van der Waals surface area contributed by atoms with Crippen molar-refractivity contribution in [1.29, 1.82) is 0 Å². The van der Waals surface area contributed by atoms with Crippen molar-refractivity contribution in [3.05, 3.63) is 36.3 Å². The number of carbonyl (C=O) groups is 1. The van der Waals surface area contributed by atoms with E-state index < -0.39 is 0 Å². The molecule has 0 atom stereocenters. The number of nitrogens with one attached hydrogen (secondary N) is 1. The van der Waals surface area contributed by atoms with Gasteiger partial charge in [-0.3, -0.25) is 4.79 Å². The Bertz CT molecular complexity index is 692. The second kappa shape index (κ2) is 6.73. The van der Waals surface area contributed by atoms with Crippen molar-refractivity contribution in [2.75, 3.05) is 19.5 Å². The number of benzene rings is 1. The van der Waals surface area contributed by atoms with E-state index in [0.29, 0.717) is 22.9 Å². The van der Waals surface area contributed by atoms with Crippen LogP contribution in [0, 0.1) is 5.92 Å². The molecule has 1 aromatic heterocycles. The van der Waals surface area contributed by atoms with Gasteiger partial charge in [0.15, 0.2) is 17.3 Å². The van der Waals surface area contributed by atoms with Gasteiger partial charge in [0.25, 0.3) is 5.91 Å². The molecule has 1 aliphatic rings. The van der Waals surface area contributed by atoms with Gasteiger partial charge in [-0.25, -0.2) is 4.98 Å². The number of rotatable bonds is 6. The average Bonchev–Trinajstić information content (AvgIpc) is 2.97. The van der Waals surface area contributed by atoms with Gasteiger partial charge in [-0.1, -0.05) is 6.42 Å². The molecule has 6 heteroatoms. The van der Waals surface area contributed by atoms with Gasteiger partial charge in [0.1, 0.15) is 0 Å². The fourth-order valence-electron chi connectivity index (χ4n) is 2.66. The minimum absolute atomic E-state index is 0.222. The molecule has 1 aliphatic carbocycles. The molecular formula is C17H21N3O3. The molecule has 0 unspecified atom stereocenters. The molecule has 0 spiro atoms. The minimum atomic E-state index is -0.222. The molecule has 3 rings (SSSR count). The second-order valence-electron chi connectivity index (χ2n) is 5.78. The molecule has 1 fully saturated rings. The number of anilines is 1. The Hall–Kier alpha value is -2.50. The molecular weight excluding hydrogens is 294 g/mol. The van der Waals surface area contributed by atoms with E-state index in [1.807, 2.05) is 10.8 Å². The molecule has 0 saturated heterocycles. The van der Waals surface area contributed by atoms with Crippen molar-refractivity contribution in [3.63, 3.8) is 0 Å². The Labute approximate surface area is 135 Å². The number of hydrogen-bond acceptors (Lipinski definition) is 4. The summed E-state index contributed by atoms with van der Waals surface area (Å²) in [6.07, 6.45) is 7.53. The van der Waals surface area contributed by atoms with Gasteiger partial charge in [-0.15, -0.1) is 0 Å². The highest BCUT2D eigenvalue weighted by Gasteiger charge is 2.18. The van der Waals surface area contributed by atoms with Crippen LogP contribution < -0.4 is 14.8 Å². The minimum Gasteiger partial charge on any atom is -0.493 e. The van der Waals surface area contributed by atoms with Gasteiger partial charge in [-0.2, -0.15) is 0 Å². The highest BCUT2D eigenvalue weighted by molar-refractivity contribution is 6.04. The smallest absolute Gasteiger partial charge is 0.256 e. The SMILES string of the molecule is COc1ccc(C(=O)Nc2cn(CC3CCC3)cn2)cc1OC. The van der Waals surface area contributed by atoms with E-state index in [0.717, 1.165) is 12.5 Å².